The largest absolute Gasteiger partial charge is 0.358 e. The molecule has 0 saturated carbocycles. The Morgan fingerprint density at radius 3 is 2.75 bits per heavy atom. The summed E-state index contributed by atoms with van der Waals surface area (Å²) in [7, 11) is 2.02. The molecule has 4 rings (SSSR count). The molecular formula is C21H28N6O. The minimum Gasteiger partial charge on any atom is -0.358 e. The van der Waals surface area contributed by atoms with Crippen molar-refractivity contribution in [2.45, 2.75) is 19.9 Å². The molecule has 0 atom stereocenters. The quantitative estimate of drug-likeness (QED) is 0.714. The van der Waals surface area contributed by atoms with Gasteiger partial charge in [-0.05, 0) is 25.0 Å². The van der Waals surface area contributed by atoms with E-state index >= 15 is 0 Å². The van der Waals surface area contributed by atoms with Crippen molar-refractivity contribution in [1.29, 1.82) is 0 Å². The van der Waals surface area contributed by atoms with E-state index in [9.17, 15) is 4.79 Å². The standard InChI is InChI=1S/C21H28N6O/c1-16-17(18-5-3-4-6-19(18)24-16)7-8-23-21(28)27-13-11-26(12-14-27)15-20-22-9-10-25(20)2/h3-6,9-10,24H,7-8,11-15H2,1-2H3,(H,23,28). The molecule has 0 unspecified atom stereocenters. The number of aromatic nitrogens is 3. The molecule has 2 aromatic heterocycles. The van der Waals surface area contributed by atoms with Crippen molar-refractivity contribution in [3.05, 3.63) is 53.7 Å². The Morgan fingerprint density at radius 2 is 2.00 bits per heavy atom. The molecule has 148 valence electrons. The highest BCUT2D eigenvalue weighted by Gasteiger charge is 2.21. The Hall–Kier alpha value is -2.80. The molecule has 3 heterocycles. The van der Waals surface area contributed by atoms with Crippen LogP contribution in [0.25, 0.3) is 10.9 Å². The van der Waals surface area contributed by atoms with E-state index in [0.717, 1.165) is 50.5 Å². The number of aromatic amines is 1. The number of para-hydroxylation sites is 1. The smallest absolute Gasteiger partial charge is 0.317 e. The van der Waals surface area contributed by atoms with Crippen LogP contribution in [0.2, 0.25) is 0 Å². The van der Waals surface area contributed by atoms with Crippen LogP contribution in [-0.4, -0.2) is 63.1 Å². The Morgan fingerprint density at radius 1 is 1.21 bits per heavy atom. The number of nitrogens with one attached hydrogen (secondary N) is 2. The van der Waals surface area contributed by atoms with E-state index in [2.05, 4.69) is 45.3 Å². The number of rotatable bonds is 5. The third kappa shape index (κ3) is 3.89. The van der Waals surface area contributed by atoms with Gasteiger partial charge < -0.3 is 19.8 Å². The first-order chi connectivity index (χ1) is 13.6. The second-order valence-corrected chi connectivity index (χ2v) is 7.47. The van der Waals surface area contributed by atoms with Gasteiger partial charge in [-0.15, -0.1) is 0 Å². The summed E-state index contributed by atoms with van der Waals surface area (Å²) in [5, 5.41) is 4.34. The first-order valence-corrected chi connectivity index (χ1v) is 9.89. The fourth-order valence-corrected chi connectivity index (χ4v) is 3.92. The SMILES string of the molecule is Cc1[nH]c2ccccc2c1CCNC(=O)N1CCN(Cc2nccn2C)CC1. The molecule has 28 heavy (non-hydrogen) atoms. The van der Waals surface area contributed by atoms with Crippen molar-refractivity contribution in [3.63, 3.8) is 0 Å². The average molecular weight is 380 g/mol. The molecule has 7 heteroatoms. The van der Waals surface area contributed by atoms with Gasteiger partial charge in [0.2, 0.25) is 0 Å². The van der Waals surface area contributed by atoms with Gasteiger partial charge in [-0.2, -0.15) is 0 Å². The maximum atomic E-state index is 12.5. The summed E-state index contributed by atoms with van der Waals surface area (Å²) in [6.07, 6.45) is 4.63. The zero-order chi connectivity index (χ0) is 19.5. The molecule has 1 aromatic carbocycles. The number of amides is 2. The van der Waals surface area contributed by atoms with Gasteiger partial charge in [0.05, 0.1) is 6.54 Å². The van der Waals surface area contributed by atoms with E-state index in [1.54, 1.807) is 0 Å². The highest BCUT2D eigenvalue weighted by atomic mass is 16.2. The molecule has 1 aliphatic rings. The number of fused-ring (bicyclic) bond motifs is 1. The number of piperazine rings is 1. The van der Waals surface area contributed by atoms with Gasteiger partial charge in [-0.25, -0.2) is 9.78 Å². The highest BCUT2D eigenvalue weighted by Crippen LogP contribution is 2.21. The average Bonchev–Trinajstić information content (AvgIpc) is 3.25. The van der Waals surface area contributed by atoms with Gasteiger partial charge in [-0.1, -0.05) is 18.2 Å². The molecule has 0 bridgehead atoms. The van der Waals surface area contributed by atoms with Crippen LogP contribution in [-0.2, 0) is 20.0 Å². The van der Waals surface area contributed by atoms with Crippen molar-refractivity contribution in [3.8, 4) is 0 Å². The number of hydrogen-bond acceptors (Lipinski definition) is 3. The predicted molar refractivity (Wildman–Crippen MR) is 110 cm³/mol. The lowest BCUT2D eigenvalue weighted by atomic mass is 10.1. The number of hydrogen-bond donors (Lipinski definition) is 2. The number of aryl methyl sites for hydroxylation is 2. The lowest BCUT2D eigenvalue weighted by Crippen LogP contribution is -2.51. The van der Waals surface area contributed by atoms with Gasteiger partial charge >= 0.3 is 6.03 Å². The molecule has 1 aliphatic heterocycles. The molecule has 2 amide bonds. The third-order valence-corrected chi connectivity index (χ3v) is 5.62. The minimum absolute atomic E-state index is 0.0362. The Kier molecular flexibility index (Phi) is 5.34. The number of imidazole rings is 1. The van der Waals surface area contributed by atoms with Gasteiger partial charge in [0.15, 0.2) is 0 Å². The second-order valence-electron chi connectivity index (χ2n) is 7.47. The first-order valence-electron chi connectivity index (χ1n) is 9.89. The first kappa shape index (κ1) is 18.6. The van der Waals surface area contributed by atoms with E-state index in [4.69, 9.17) is 0 Å². The number of nitrogens with zero attached hydrogens (tertiary/aromatic N) is 4. The molecular weight excluding hydrogens is 352 g/mol. The van der Waals surface area contributed by atoms with Crippen LogP contribution in [0.3, 0.4) is 0 Å². The molecule has 0 aliphatic carbocycles. The Bertz CT molecular complexity index is 951. The maximum absolute atomic E-state index is 12.5. The van der Waals surface area contributed by atoms with Gasteiger partial charge in [-0.3, -0.25) is 4.90 Å². The summed E-state index contributed by atoms with van der Waals surface area (Å²) in [6, 6.07) is 8.36. The Balaban J connectivity index is 1.25. The van der Waals surface area contributed by atoms with Crippen LogP contribution < -0.4 is 5.32 Å². The number of benzene rings is 1. The topological polar surface area (TPSA) is 69.2 Å². The second kappa shape index (κ2) is 8.06. The molecule has 1 fully saturated rings. The lowest BCUT2D eigenvalue weighted by molar-refractivity contribution is 0.133. The normalized spacial score (nSPS) is 15.3. The third-order valence-electron chi connectivity index (χ3n) is 5.62. The van der Waals surface area contributed by atoms with Crippen LogP contribution in [0.1, 0.15) is 17.1 Å². The number of urea groups is 1. The molecule has 1 saturated heterocycles. The van der Waals surface area contributed by atoms with E-state index in [1.165, 1.54) is 16.6 Å². The summed E-state index contributed by atoms with van der Waals surface area (Å²) in [5.74, 6) is 1.06. The summed E-state index contributed by atoms with van der Waals surface area (Å²) < 4.78 is 2.05. The number of H-pyrrole nitrogens is 1. The van der Waals surface area contributed by atoms with Crippen LogP contribution in [0, 0.1) is 6.92 Å². The van der Waals surface area contributed by atoms with Crippen LogP contribution >= 0.6 is 0 Å². The van der Waals surface area contributed by atoms with Gasteiger partial charge in [0, 0.05) is 68.8 Å². The van der Waals surface area contributed by atoms with Crippen molar-refractivity contribution < 1.29 is 4.79 Å². The number of carbonyl (C=O) groups is 1. The van der Waals surface area contributed by atoms with E-state index in [0.29, 0.717) is 6.54 Å². The monoisotopic (exact) mass is 380 g/mol. The Labute approximate surface area is 165 Å². The van der Waals surface area contributed by atoms with Crippen molar-refractivity contribution in [1.82, 2.24) is 29.7 Å². The summed E-state index contributed by atoms with van der Waals surface area (Å²) >= 11 is 0. The van der Waals surface area contributed by atoms with Crippen LogP contribution in [0.15, 0.2) is 36.7 Å². The zero-order valence-electron chi connectivity index (χ0n) is 16.6. The molecule has 3 aromatic rings. The van der Waals surface area contributed by atoms with Crippen molar-refractivity contribution >= 4 is 16.9 Å². The van der Waals surface area contributed by atoms with Gasteiger partial charge in [0.1, 0.15) is 5.82 Å². The fraction of sp³-hybridized carbons (Fsp3) is 0.429. The predicted octanol–water partition coefficient (Wildman–Crippen LogP) is 2.28. The highest BCUT2D eigenvalue weighted by molar-refractivity contribution is 5.84. The van der Waals surface area contributed by atoms with E-state index in [-0.39, 0.29) is 6.03 Å². The van der Waals surface area contributed by atoms with Crippen LogP contribution in [0.4, 0.5) is 4.79 Å². The van der Waals surface area contributed by atoms with E-state index in [1.807, 2.05) is 35.0 Å². The molecule has 7 nitrogen and oxygen atoms in total. The fourth-order valence-electron chi connectivity index (χ4n) is 3.92. The van der Waals surface area contributed by atoms with Crippen LogP contribution in [0.5, 0.6) is 0 Å². The van der Waals surface area contributed by atoms with Crippen molar-refractivity contribution in [2.24, 2.45) is 7.05 Å². The summed E-state index contributed by atoms with van der Waals surface area (Å²) in [6.45, 7) is 6.83. The minimum atomic E-state index is 0.0362. The zero-order valence-corrected chi connectivity index (χ0v) is 16.6. The molecule has 0 spiro atoms. The molecule has 0 radical (unpaired) electrons. The van der Waals surface area contributed by atoms with Gasteiger partial charge in [0.25, 0.3) is 0 Å². The summed E-state index contributed by atoms with van der Waals surface area (Å²) in [4.78, 5) is 24.6. The number of carbonyl (C=O) groups excluding carboxylic acids is 1. The van der Waals surface area contributed by atoms with E-state index < -0.39 is 0 Å². The lowest BCUT2D eigenvalue weighted by Gasteiger charge is -2.34. The molecule has 2 N–H and O–H groups in total. The van der Waals surface area contributed by atoms with Crippen molar-refractivity contribution in [2.75, 3.05) is 32.7 Å². The maximum Gasteiger partial charge on any atom is 0.317 e. The summed E-state index contributed by atoms with van der Waals surface area (Å²) in [5.41, 5.74) is 3.62.